The fraction of sp³-hybridized carbons (Fsp3) is 0.556. The van der Waals surface area contributed by atoms with Gasteiger partial charge in [-0.05, 0) is 17.9 Å². The van der Waals surface area contributed by atoms with Gasteiger partial charge < -0.3 is 14.7 Å². The van der Waals surface area contributed by atoms with Crippen molar-refractivity contribution in [2.75, 3.05) is 45.0 Å². The van der Waals surface area contributed by atoms with Crippen LogP contribution in [0.3, 0.4) is 0 Å². The van der Waals surface area contributed by atoms with Crippen LogP contribution in [0.1, 0.15) is 12.1 Å². The molecule has 2 aliphatic rings. The van der Waals surface area contributed by atoms with Gasteiger partial charge >= 0.3 is 0 Å². The van der Waals surface area contributed by atoms with Gasteiger partial charge in [0.05, 0.1) is 16.3 Å². The lowest BCUT2D eigenvalue weighted by atomic mass is 10.2. The molecule has 0 aromatic carbocycles. The molecule has 148 valence electrons. The predicted octanol–water partition coefficient (Wildman–Crippen LogP) is 2.56. The van der Waals surface area contributed by atoms with Crippen LogP contribution in [0.4, 0.5) is 0 Å². The summed E-state index contributed by atoms with van der Waals surface area (Å²) in [5, 5.41) is 9.52. The van der Waals surface area contributed by atoms with E-state index >= 15 is 0 Å². The van der Waals surface area contributed by atoms with Crippen molar-refractivity contribution in [3.05, 3.63) is 29.3 Å². The van der Waals surface area contributed by atoms with E-state index in [1.165, 1.54) is 0 Å². The number of piperazine rings is 1. The first kappa shape index (κ1) is 20.7. The zero-order chi connectivity index (χ0) is 17.8. The zero-order valence-corrected chi connectivity index (χ0v) is 17.6. The number of nitrogens with one attached hydrogen (secondary N) is 1. The average molecular weight is 429 g/mol. The number of amides is 1. The summed E-state index contributed by atoms with van der Waals surface area (Å²) in [5.41, 5.74) is 0.895. The van der Waals surface area contributed by atoms with Crippen LogP contribution in [0, 0.1) is 0 Å². The SMILES string of the molecule is Cl.O=C(CSCc1cc(-c2cccs2)on1)N1CCC(N2CCNCC2)C1. The molecule has 2 aliphatic heterocycles. The van der Waals surface area contributed by atoms with E-state index < -0.39 is 0 Å². The lowest BCUT2D eigenvalue weighted by molar-refractivity contribution is -0.127. The van der Waals surface area contributed by atoms with Gasteiger partial charge in [-0.2, -0.15) is 0 Å². The fourth-order valence-corrected chi connectivity index (χ4v) is 5.04. The van der Waals surface area contributed by atoms with Crippen LogP contribution >= 0.6 is 35.5 Å². The van der Waals surface area contributed by atoms with Gasteiger partial charge in [-0.15, -0.1) is 35.5 Å². The van der Waals surface area contributed by atoms with Gasteiger partial charge in [-0.1, -0.05) is 11.2 Å². The smallest absolute Gasteiger partial charge is 0.232 e. The zero-order valence-electron chi connectivity index (χ0n) is 15.1. The Kier molecular flexibility index (Phi) is 7.60. The number of nitrogens with zero attached hydrogens (tertiary/aromatic N) is 3. The molecule has 0 aliphatic carbocycles. The van der Waals surface area contributed by atoms with E-state index in [0.29, 0.717) is 17.5 Å². The van der Waals surface area contributed by atoms with Crippen molar-refractivity contribution in [1.29, 1.82) is 0 Å². The van der Waals surface area contributed by atoms with Gasteiger partial charge in [0.15, 0.2) is 5.76 Å². The number of carbonyl (C=O) groups excluding carboxylic acids is 1. The van der Waals surface area contributed by atoms with Crippen molar-refractivity contribution in [3.8, 4) is 10.6 Å². The van der Waals surface area contributed by atoms with Gasteiger partial charge in [0, 0.05) is 57.1 Å². The first-order valence-electron chi connectivity index (χ1n) is 9.09. The number of rotatable bonds is 6. The third-order valence-corrected chi connectivity index (χ3v) is 6.82. The minimum absolute atomic E-state index is 0. The number of likely N-dealkylation sites (tertiary alicyclic amines) is 1. The molecule has 6 nitrogen and oxygen atoms in total. The summed E-state index contributed by atoms with van der Waals surface area (Å²) in [7, 11) is 0. The van der Waals surface area contributed by atoms with Crippen molar-refractivity contribution in [2.24, 2.45) is 0 Å². The fourth-order valence-electron chi connectivity index (χ4n) is 3.56. The third-order valence-electron chi connectivity index (χ3n) is 4.98. The highest BCUT2D eigenvalue weighted by atomic mass is 35.5. The Balaban J connectivity index is 0.00000210. The lowest BCUT2D eigenvalue weighted by Crippen LogP contribution is -2.49. The minimum atomic E-state index is 0. The molecule has 0 radical (unpaired) electrons. The van der Waals surface area contributed by atoms with E-state index in [2.05, 4.69) is 15.4 Å². The molecular formula is C18H25ClN4O2S2. The van der Waals surface area contributed by atoms with E-state index in [1.54, 1.807) is 23.1 Å². The summed E-state index contributed by atoms with van der Waals surface area (Å²) >= 11 is 3.25. The lowest BCUT2D eigenvalue weighted by Gasteiger charge is -2.32. The maximum absolute atomic E-state index is 12.5. The Bertz CT molecular complexity index is 719. The van der Waals surface area contributed by atoms with E-state index in [9.17, 15) is 4.79 Å². The van der Waals surface area contributed by atoms with E-state index in [-0.39, 0.29) is 18.3 Å². The molecule has 2 fully saturated rings. The maximum atomic E-state index is 12.5. The first-order chi connectivity index (χ1) is 12.8. The number of halogens is 1. The molecule has 0 saturated carbocycles. The molecule has 0 spiro atoms. The molecule has 1 amide bonds. The van der Waals surface area contributed by atoms with Crippen molar-refractivity contribution >= 4 is 41.4 Å². The number of carbonyl (C=O) groups is 1. The molecule has 1 N–H and O–H groups in total. The average Bonchev–Trinajstić information content (AvgIpc) is 3.42. The molecule has 4 heterocycles. The molecular weight excluding hydrogens is 404 g/mol. The molecule has 0 bridgehead atoms. The summed E-state index contributed by atoms with van der Waals surface area (Å²) in [6, 6.07) is 6.53. The molecule has 4 rings (SSSR count). The quantitative estimate of drug-likeness (QED) is 0.763. The van der Waals surface area contributed by atoms with Gasteiger partial charge in [0.2, 0.25) is 5.91 Å². The number of hydrogen-bond donors (Lipinski definition) is 1. The Morgan fingerprint density at radius 3 is 3.00 bits per heavy atom. The van der Waals surface area contributed by atoms with Crippen molar-refractivity contribution in [3.63, 3.8) is 0 Å². The van der Waals surface area contributed by atoms with Crippen LogP contribution < -0.4 is 5.32 Å². The summed E-state index contributed by atoms with van der Waals surface area (Å²) in [6.45, 7) is 6.09. The third kappa shape index (κ3) is 5.26. The highest BCUT2D eigenvalue weighted by Gasteiger charge is 2.30. The van der Waals surface area contributed by atoms with Crippen LogP contribution in [0.2, 0.25) is 0 Å². The van der Waals surface area contributed by atoms with E-state index in [0.717, 1.165) is 62.0 Å². The first-order valence-corrected chi connectivity index (χ1v) is 11.1. The van der Waals surface area contributed by atoms with Gasteiger partial charge in [0.25, 0.3) is 0 Å². The van der Waals surface area contributed by atoms with Gasteiger partial charge in [0.1, 0.15) is 0 Å². The number of thioether (sulfide) groups is 1. The van der Waals surface area contributed by atoms with Crippen molar-refractivity contribution < 1.29 is 9.32 Å². The maximum Gasteiger partial charge on any atom is 0.232 e. The summed E-state index contributed by atoms with van der Waals surface area (Å²) in [6.07, 6.45) is 1.10. The molecule has 27 heavy (non-hydrogen) atoms. The Morgan fingerprint density at radius 1 is 1.37 bits per heavy atom. The van der Waals surface area contributed by atoms with Crippen LogP contribution in [-0.2, 0) is 10.5 Å². The molecule has 9 heteroatoms. The van der Waals surface area contributed by atoms with Gasteiger partial charge in [-0.25, -0.2) is 0 Å². The number of hydrogen-bond acceptors (Lipinski definition) is 7. The Hall–Kier alpha value is -1.06. The number of thiophene rings is 1. The molecule has 1 atom stereocenters. The van der Waals surface area contributed by atoms with Crippen molar-refractivity contribution in [1.82, 2.24) is 20.3 Å². The van der Waals surface area contributed by atoms with Crippen LogP contribution in [-0.4, -0.2) is 71.9 Å². The second-order valence-corrected chi connectivity index (χ2v) is 8.65. The highest BCUT2D eigenvalue weighted by molar-refractivity contribution is 7.99. The molecule has 2 aromatic heterocycles. The van der Waals surface area contributed by atoms with Crippen LogP contribution in [0.15, 0.2) is 28.1 Å². The van der Waals surface area contributed by atoms with Crippen molar-refractivity contribution in [2.45, 2.75) is 18.2 Å². The number of aromatic nitrogens is 1. The molecule has 2 aromatic rings. The minimum Gasteiger partial charge on any atom is -0.355 e. The summed E-state index contributed by atoms with van der Waals surface area (Å²) in [4.78, 5) is 18.1. The van der Waals surface area contributed by atoms with Crippen LogP contribution in [0.25, 0.3) is 10.6 Å². The molecule has 2 saturated heterocycles. The largest absolute Gasteiger partial charge is 0.355 e. The normalized spacial score (nSPS) is 20.6. The summed E-state index contributed by atoms with van der Waals surface area (Å²) in [5.74, 6) is 2.26. The van der Waals surface area contributed by atoms with Crippen LogP contribution in [0.5, 0.6) is 0 Å². The monoisotopic (exact) mass is 428 g/mol. The standard InChI is InChI=1S/C18H24N4O2S2.ClH/c23-18(22-6-3-15(11-22)21-7-4-19-5-8-21)13-25-12-14-10-16(24-20-14)17-2-1-9-26-17;/h1-2,9-10,15,19H,3-8,11-13H2;1H. The van der Waals surface area contributed by atoms with E-state index in [1.807, 2.05) is 28.5 Å². The Morgan fingerprint density at radius 2 is 2.22 bits per heavy atom. The Labute approximate surface area is 174 Å². The summed E-state index contributed by atoms with van der Waals surface area (Å²) < 4.78 is 5.39. The second-order valence-electron chi connectivity index (χ2n) is 6.72. The van der Waals surface area contributed by atoms with Gasteiger partial charge in [-0.3, -0.25) is 9.69 Å². The predicted molar refractivity (Wildman–Crippen MR) is 113 cm³/mol. The second kappa shape index (κ2) is 9.93. The molecule has 1 unspecified atom stereocenters. The van der Waals surface area contributed by atoms with E-state index in [4.69, 9.17) is 4.52 Å². The topological polar surface area (TPSA) is 61.6 Å². The highest BCUT2D eigenvalue weighted by Crippen LogP contribution is 2.26.